The first-order valence-electron chi connectivity index (χ1n) is 2.48. The predicted molar refractivity (Wildman–Crippen MR) is 43.1 cm³/mol. The SMILES string of the molecule is Nc1cc(Cl)c(Cl)c(N)n1. The third kappa shape index (κ3) is 1.25. The van der Waals surface area contributed by atoms with Gasteiger partial charge in [0.2, 0.25) is 0 Å². The van der Waals surface area contributed by atoms with E-state index in [0.717, 1.165) is 0 Å². The minimum absolute atomic E-state index is 0.159. The van der Waals surface area contributed by atoms with Gasteiger partial charge in [-0.25, -0.2) is 4.98 Å². The molecule has 0 aliphatic rings. The van der Waals surface area contributed by atoms with Gasteiger partial charge in [-0.15, -0.1) is 0 Å². The molecule has 0 radical (unpaired) electrons. The van der Waals surface area contributed by atoms with E-state index in [4.69, 9.17) is 34.7 Å². The molecule has 1 aromatic heterocycles. The lowest BCUT2D eigenvalue weighted by Gasteiger charge is -1.99. The summed E-state index contributed by atoms with van der Waals surface area (Å²) in [6.07, 6.45) is 0. The largest absolute Gasteiger partial charge is 0.384 e. The smallest absolute Gasteiger partial charge is 0.146 e. The normalized spacial score (nSPS) is 9.80. The molecule has 10 heavy (non-hydrogen) atoms. The second kappa shape index (κ2) is 2.52. The number of halogens is 2. The van der Waals surface area contributed by atoms with Gasteiger partial charge in [-0.3, -0.25) is 0 Å². The van der Waals surface area contributed by atoms with Gasteiger partial charge >= 0.3 is 0 Å². The molecule has 0 unspecified atom stereocenters. The maximum absolute atomic E-state index is 5.59. The molecule has 0 amide bonds. The molecular weight excluding hydrogens is 173 g/mol. The molecule has 5 heteroatoms. The van der Waals surface area contributed by atoms with Gasteiger partial charge in [0, 0.05) is 6.07 Å². The van der Waals surface area contributed by atoms with E-state index in [1.165, 1.54) is 6.07 Å². The highest BCUT2D eigenvalue weighted by molar-refractivity contribution is 6.43. The van der Waals surface area contributed by atoms with E-state index in [1.807, 2.05) is 0 Å². The molecule has 0 atom stereocenters. The zero-order chi connectivity index (χ0) is 7.72. The maximum Gasteiger partial charge on any atom is 0.146 e. The van der Waals surface area contributed by atoms with Crippen LogP contribution in [-0.4, -0.2) is 4.98 Å². The molecular formula is C5H5Cl2N3. The molecule has 0 bridgehead atoms. The number of rotatable bonds is 0. The average molecular weight is 178 g/mol. The fourth-order valence-electron chi connectivity index (χ4n) is 0.536. The van der Waals surface area contributed by atoms with E-state index in [-0.39, 0.29) is 16.7 Å². The highest BCUT2D eigenvalue weighted by Gasteiger charge is 2.03. The molecule has 0 saturated carbocycles. The summed E-state index contributed by atoms with van der Waals surface area (Å²) in [5.41, 5.74) is 10.6. The molecule has 3 nitrogen and oxygen atoms in total. The summed E-state index contributed by atoms with van der Waals surface area (Å²) in [6.45, 7) is 0. The van der Waals surface area contributed by atoms with Gasteiger partial charge < -0.3 is 11.5 Å². The minimum atomic E-state index is 0.159. The summed E-state index contributed by atoms with van der Waals surface area (Å²) in [7, 11) is 0. The first-order valence-corrected chi connectivity index (χ1v) is 3.24. The Bertz CT molecular complexity index is 238. The summed E-state index contributed by atoms with van der Waals surface area (Å²) in [5, 5.41) is 0.572. The van der Waals surface area contributed by atoms with Crippen molar-refractivity contribution >= 4 is 34.8 Å². The van der Waals surface area contributed by atoms with Crippen molar-refractivity contribution in [2.45, 2.75) is 0 Å². The van der Waals surface area contributed by atoms with Crippen LogP contribution in [0.1, 0.15) is 0 Å². The Morgan fingerprint density at radius 1 is 1.30 bits per heavy atom. The Morgan fingerprint density at radius 3 is 2.40 bits per heavy atom. The molecule has 0 aliphatic heterocycles. The number of pyridine rings is 1. The van der Waals surface area contributed by atoms with Gasteiger partial charge in [0.15, 0.2) is 0 Å². The van der Waals surface area contributed by atoms with Crippen LogP contribution in [0.2, 0.25) is 10.0 Å². The zero-order valence-electron chi connectivity index (χ0n) is 4.94. The van der Waals surface area contributed by atoms with Crippen molar-refractivity contribution in [3.05, 3.63) is 16.1 Å². The van der Waals surface area contributed by atoms with Crippen molar-refractivity contribution in [3.8, 4) is 0 Å². The molecule has 0 aliphatic carbocycles. The monoisotopic (exact) mass is 177 g/mol. The van der Waals surface area contributed by atoms with Gasteiger partial charge in [-0.05, 0) is 0 Å². The Hall–Kier alpha value is -0.670. The summed E-state index contributed by atoms with van der Waals surface area (Å²) in [6, 6.07) is 1.44. The van der Waals surface area contributed by atoms with Crippen LogP contribution in [0.5, 0.6) is 0 Å². The van der Waals surface area contributed by atoms with Crippen LogP contribution < -0.4 is 11.5 Å². The number of nitrogen functional groups attached to an aromatic ring is 2. The average Bonchev–Trinajstić information content (AvgIpc) is 1.82. The van der Waals surface area contributed by atoms with Crippen LogP contribution in [-0.2, 0) is 0 Å². The van der Waals surface area contributed by atoms with Crippen LogP contribution in [0.15, 0.2) is 6.07 Å². The van der Waals surface area contributed by atoms with E-state index in [9.17, 15) is 0 Å². The molecule has 54 valence electrons. The molecule has 0 spiro atoms. The van der Waals surface area contributed by atoms with Crippen molar-refractivity contribution in [1.29, 1.82) is 0 Å². The fourth-order valence-corrected chi connectivity index (χ4v) is 0.841. The van der Waals surface area contributed by atoms with E-state index in [2.05, 4.69) is 4.98 Å². The van der Waals surface area contributed by atoms with Crippen molar-refractivity contribution in [2.75, 3.05) is 11.5 Å². The molecule has 0 saturated heterocycles. The lowest BCUT2D eigenvalue weighted by atomic mass is 10.4. The first kappa shape index (κ1) is 7.44. The van der Waals surface area contributed by atoms with Crippen LogP contribution in [0.4, 0.5) is 11.6 Å². The summed E-state index contributed by atoms with van der Waals surface area (Å²) >= 11 is 11.2. The van der Waals surface area contributed by atoms with Gasteiger partial charge in [-0.2, -0.15) is 0 Å². The lowest BCUT2D eigenvalue weighted by molar-refractivity contribution is 1.34. The Morgan fingerprint density at radius 2 is 1.90 bits per heavy atom. The highest BCUT2D eigenvalue weighted by Crippen LogP contribution is 2.27. The first-order chi connectivity index (χ1) is 4.61. The molecule has 1 aromatic rings. The molecule has 1 rings (SSSR count). The number of nitrogens with zero attached hydrogens (tertiary/aromatic N) is 1. The van der Waals surface area contributed by atoms with Crippen molar-refractivity contribution in [1.82, 2.24) is 4.98 Å². The van der Waals surface area contributed by atoms with Crippen molar-refractivity contribution < 1.29 is 0 Å². The fraction of sp³-hybridized carbons (Fsp3) is 0. The third-order valence-electron chi connectivity index (χ3n) is 0.959. The number of nitrogens with two attached hydrogens (primary N) is 2. The maximum atomic E-state index is 5.59. The van der Waals surface area contributed by atoms with Crippen LogP contribution in [0.3, 0.4) is 0 Å². The summed E-state index contributed by atoms with van der Waals surface area (Å²) in [5.74, 6) is 0.429. The number of hydrogen-bond acceptors (Lipinski definition) is 3. The van der Waals surface area contributed by atoms with Crippen molar-refractivity contribution in [3.63, 3.8) is 0 Å². The second-order valence-electron chi connectivity index (χ2n) is 1.73. The molecule has 0 fully saturated rings. The van der Waals surface area contributed by atoms with Crippen LogP contribution in [0, 0.1) is 0 Å². The molecule has 1 heterocycles. The summed E-state index contributed by atoms with van der Waals surface area (Å²) < 4.78 is 0. The minimum Gasteiger partial charge on any atom is -0.384 e. The molecule has 0 aromatic carbocycles. The van der Waals surface area contributed by atoms with Crippen molar-refractivity contribution in [2.24, 2.45) is 0 Å². The van der Waals surface area contributed by atoms with E-state index < -0.39 is 0 Å². The highest BCUT2D eigenvalue weighted by atomic mass is 35.5. The van der Waals surface area contributed by atoms with E-state index in [1.54, 1.807) is 0 Å². The number of hydrogen-bond donors (Lipinski definition) is 2. The molecule has 4 N–H and O–H groups in total. The summed E-state index contributed by atoms with van der Waals surface area (Å²) in [4.78, 5) is 3.67. The second-order valence-corrected chi connectivity index (χ2v) is 2.51. The lowest BCUT2D eigenvalue weighted by Crippen LogP contribution is -1.96. The number of anilines is 2. The van der Waals surface area contributed by atoms with E-state index >= 15 is 0 Å². The van der Waals surface area contributed by atoms with Gasteiger partial charge in [0.25, 0.3) is 0 Å². The Balaban J connectivity index is 3.31. The Labute approximate surface area is 67.9 Å². The topological polar surface area (TPSA) is 64.9 Å². The van der Waals surface area contributed by atoms with E-state index in [0.29, 0.717) is 5.02 Å². The quantitative estimate of drug-likeness (QED) is 0.633. The Kier molecular flexibility index (Phi) is 1.87. The van der Waals surface area contributed by atoms with Crippen LogP contribution in [0.25, 0.3) is 0 Å². The van der Waals surface area contributed by atoms with Gasteiger partial charge in [0.1, 0.15) is 16.7 Å². The van der Waals surface area contributed by atoms with Crippen LogP contribution >= 0.6 is 23.2 Å². The standard InChI is InChI=1S/C5H5Cl2N3/c6-2-1-3(8)10-5(9)4(2)7/h1H,(H4,8,9,10). The zero-order valence-corrected chi connectivity index (χ0v) is 6.45. The number of aromatic nitrogens is 1. The predicted octanol–water partition coefficient (Wildman–Crippen LogP) is 1.55. The third-order valence-corrected chi connectivity index (χ3v) is 1.75. The van der Waals surface area contributed by atoms with Gasteiger partial charge in [0.05, 0.1) is 5.02 Å². The van der Waals surface area contributed by atoms with Gasteiger partial charge in [-0.1, -0.05) is 23.2 Å².